The van der Waals surface area contributed by atoms with Crippen LogP contribution in [0.15, 0.2) is 189 Å². The molecule has 0 amide bonds. The van der Waals surface area contributed by atoms with E-state index < -0.39 is 5.79 Å². The van der Waals surface area contributed by atoms with Crippen LogP contribution in [0.25, 0.3) is 0 Å². The summed E-state index contributed by atoms with van der Waals surface area (Å²) in [4.78, 5) is 20.6. The van der Waals surface area contributed by atoms with Crippen LogP contribution in [-0.4, -0.2) is 108 Å². The van der Waals surface area contributed by atoms with E-state index in [1.54, 1.807) is 0 Å². The minimum absolute atomic E-state index is 0. The predicted molar refractivity (Wildman–Crippen MR) is 458 cm³/mol. The monoisotopic (exact) mass is 1460 g/mol. The third kappa shape index (κ3) is 19.3. The normalized spacial score (nSPS) is 18.0. The predicted octanol–water partition coefficient (Wildman–Crippen LogP) is 24.8. The molecule has 0 fully saturated rings. The van der Waals surface area contributed by atoms with E-state index in [1.165, 1.54) is 96.2 Å². The molecular weight excluding hydrogens is 1320 g/mol. The van der Waals surface area contributed by atoms with Gasteiger partial charge >= 0.3 is 5.79 Å². The van der Waals surface area contributed by atoms with Crippen molar-refractivity contribution in [3.63, 3.8) is 0 Å². The van der Waals surface area contributed by atoms with Gasteiger partial charge in [0.2, 0.25) is 0 Å². The quantitative estimate of drug-likeness (QED) is 0.172. The van der Waals surface area contributed by atoms with Gasteiger partial charge in [0.05, 0.1) is 40.6 Å². The average molecular weight is 1470 g/mol. The van der Waals surface area contributed by atoms with E-state index in [1.807, 2.05) is 97.2 Å². The smallest absolute Gasteiger partial charge is 0.312 e. The van der Waals surface area contributed by atoms with E-state index in [0.29, 0.717) is 0 Å². The Morgan fingerprint density at radius 2 is 0.660 bits per heavy atom. The Bertz CT molecular complexity index is 3890. The molecule has 0 aromatic heterocycles. The minimum atomic E-state index is -0.917. The van der Waals surface area contributed by atoms with Crippen molar-refractivity contribution in [2.75, 3.05) is 70.4 Å². The molecule has 0 N–H and O–H groups in total. The molecule has 594 valence electrons. The van der Waals surface area contributed by atoms with Crippen LogP contribution in [0.2, 0.25) is 0 Å². The van der Waals surface area contributed by atoms with Gasteiger partial charge in [-0.2, -0.15) is 0 Å². The van der Waals surface area contributed by atoms with Crippen molar-refractivity contribution in [3.8, 4) is 11.5 Å². The molecule has 5 aromatic rings. The summed E-state index contributed by atoms with van der Waals surface area (Å²) in [5, 5.41) is 0. The second-order valence-corrected chi connectivity index (χ2v) is 29.5. The van der Waals surface area contributed by atoms with Gasteiger partial charge in [0.25, 0.3) is 0 Å². The van der Waals surface area contributed by atoms with Crippen LogP contribution in [0.1, 0.15) is 243 Å². The summed E-state index contributed by atoms with van der Waals surface area (Å²) >= 11 is 0. The van der Waals surface area contributed by atoms with Gasteiger partial charge in [0.15, 0.2) is 18.2 Å². The SMILES string of the molecule is C.C.C.C.C.C.C.CC1=C(C)N(C)C(C)(C)N1C.CC1=C(C)N(C)C(C)(C)O1.CC1=C(C)N(C)CN1C.CC1=C(C)N(C)CO1.CC1=C(C)N(c2c(C)cccc2C)C(C)(C)N1c1ccccc1C.CC1=C(C)N(c2c(C)cccc2C)C(C)(C)O1.CC1=C(C)OC2(O1)c1ccccc1Oc1ccccc12. The van der Waals surface area contributed by atoms with Gasteiger partial charge < -0.3 is 72.5 Å². The zero-order valence-electron chi connectivity index (χ0n) is 66.8. The lowest BCUT2D eigenvalue weighted by Gasteiger charge is -2.43. The van der Waals surface area contributed by atoms with Crippen molar-refractivity contribution in [2.45, 2.75) is 267 Å². The molecule has 0 bridgehead atoms. The highest BCUT2D eigenvalue weighted by Crippen LogP contribution is 2.54. The summed E-state index contributed by atoms with van der Waals surface area (Å²) in [5.74, 6) is 5.33. The summed E-state index contributed by atoms with van der Waals surface area (Å²) in [6.45, 7) is 59.3. The third-order valence-corrected chi connectivity index (χ3v) is 21.6. The van der Waals surface area contributed by atoms with E-state index in [9.17, 15) is 0 Å². The van der Waals surface area contributed by atoms with Crippen LogP contribution in [0.4, 0.5) is 17.1 Å². The number of anilines is 3. The van der Waals surface area contributed by atoms with Crippen molar-refractivity contribution in [2.24, 2.45) is 0 Å². The Labute approximate surface area is 649 Å². The number of benzene rings is 5. The fourth-order valence-electron chi connectivity index (χ4n) is 14.0. The van der Waals surface area contributed by atoms with Crippen molar-refractivity contribution in [3.05, 3.63) is 228 Å². The Morgan fingerprint density at radius 3 is 0.962 bits per heavy atom. The number of aryl methyl sites for hydroxylation is 5. The molecule has 0 atom stereocenters. The zero-order valence-corrected chi connectivity index (χ0v) is 66.8. The highest BCUT2D eigenvalue weighted by atomic mass is 16.7. The van der Waals surface area contributed by atoms with Crippen molar-refractivity contribution in [1.29, 1.82) is 0 Å². The number of nitrogens with zero attached hydrogens (tertiary/aromatic N) is 9. The lowest BCUT2D eigenvalue weighted by molar-refractivity contribution is -0.131. The first-order chi connectivity index (χ1) is 46.0. The van der Waals surface area contributed by atoms with E-state index in [-0.39, 0.29) is 74.8 Å². The summed E-state index contributed by atoms with van der Waals surface area (Å²) in [6.07, 6.45) is 0. The standard InChI is InChI=1S/C22H28N2.C17H14O3.C15H21NO.C9H18N2.C8H15NO.C7H14N2.C6H11NO.7CH4/c1-15-11-8-9-14-20(15)23-18(4)19(5)24(22(23,6)7)21-16(2)12-10-13-17(21)3;1-11-12(2)20-17(19-11)13-7-3-5-9-15(13)18-16-10-6-4-8-14(16)17;1-10-8-7-9-11(2)14(10)16-12(3)13(4)17-15(16,5)6;1-7-8(2)11(6)9(3,4)10(7)5;1-6-7(2)10-8(3,4)9(6)5;1-6-7(2)9(4)5-8(6)3;1-5-6(2)8-4-7(5)3;;;;;;;/h8-14H,1-7H3;3-10H,1-2H3;7-9H,1-6H3;1-6H3;1-5H3;5H2,1-4H3;4H2,1-3H3;7*1H4. The molecule has 0 saturated heterocycles. The Morgan fingerprint density at radius 1 is 0.292 bits per heavy atom. The Hall–Kier alpha value is -8.72. The van der Waals surface area contributed by atoms with Gasteiger partial charge in [-0.05, 0) is 245 Å². The molecule has 8 aliphatic rings. The third-order valence-electron chi connectivity index (χ3n) is 21.6. The second-order valence-electron chi connectivity index (χ2n) is 29.5. The number of hydrogen-bond donors (Lipinski definition) is 0. The van der Waals surface area contributed by atoms with Gasteiger partial charge in [-0.1, -0.05) is 131 Å². The molecule has 106 heavy (non-hydrogen) atoms. The van der Waals surface area contributed by atoms with Gasteiger partial charge in [0, 0.05) is 87.8 Å². The van der Waals surface area contributed by atoms with Crippen molar-refractivity contribution >= 4 is 17.1 Å². The van der Waals surface area contributed by atoms with Crippen LogP contribution in [0.5, 0.6) is 11.5 Å². The molecule has 0 saturated carbocycles. The Balaban J connectivity index is 0.00000124. The Kier molecular flexibility index (Phi) is 34.6. The summed E-state index contributed by atoms with van der Waals surface area (Å²) in [7, 11) is 12.6. The summed E-state index contributed by atoms with van der Waals surface area (Å²) in [6, 6.07) is 37.3. The maximum atomic E-state index is 6.13. The van der Waals surface area contributed by atoms with E-state index in [0.717, 1.165) is 64.8 Å². The summed E-state index contributed by atoms with van der Waals surface area (Å²) in [5.41, 5.74) is 23.6. The molecular formula is C91H149N9O6. The van der Waals surface area contributed by atoms with Crippen molar-refractivity contribution < 1.29 is 28.4 Å². The first-order valence-corrected chi connectivity index (χ1v) is 34.9. The molecule has 15 nitrogen and oxygen atoms in total. The molecule has 0 aliphatic carbocycles. The largest absolute Gasteiger partial charge is 0.476 e. The first kappa shape index (κ1) is 97.3. The summed E-state index contributed by atoms with van der Waals surface area (Å²) < 4.78 is 34.9. The lowest BCUT2D eigenvalue weighted by Crippen LogP contribution is -2.50. The lowest BCUT2D eigenvalue weighted by atomic mass is 9.93. The number of allylic oxidation sites excluding steroid dienone is 14. The van der Waals surface area contributed by atoms with Gasteiger partial charge in [-0.15, -0.1) is 0 Å². The van der Waals surface area contributed by atoms with Crippen LogP contribution in [-0.2, 0) is 29.5 Å². The average Bonchev–Trinajstić information content (AvgIpc) is 1.68. The number of rotatable bonds is 3. The maximum absolute atomic E-state index is 6.13. The van der Waals surface area contributed by atoms with Gasteiger partial charge in [-0.3, -0.25) is 0 Å². The number of fused-ring (bicyclic) bond motifs is 4. The fourth-order valence-corrected chi connectivity index (χ4v) is 14.0. The first-order valence-electron chi connectivity index (χ1n) is 34.9. The molecule has 13 rings (SSSR count). The molecule has 15 heteroatoms. The zero-order chi connectivity index (χ0) is 74.1. The second kappa shape index (κ2) is 37.7. The van der Waals surface area contributed by atoms with Crippen LogP contribution >= 0.6 is 0 Å². The number of para-hydroxylation sites is 5. The van der Waals surface area contributed by atoms with E-state index >= 15 is 0 Å². The van der Waals surface area contributed by atoms with Crippen LogP contribution in [0.3, 0.4) is 0 Å². The number of ether oxygens (including phenoxy) is 6. The molecule has 5 aromatic carbocycles. The molecule has 8 aliphatic heterocycles. The molecule has 1 spiro atoms. The van der Waals surface area contributed by atoms with Crippen molar-refractivity contribution in [1.82, 2.24) is 29.4 Å². The topological polar surface area (TPSA) is 84.5 Å². The van der Waals surface area contributed by atoms with Gasteiger partial charge in [0.1, 0.15) is 51.6 Å². The van der Waals surface area contributed by atoms with Crippen LogP contribution in [0, 0.1) is 34.6 Å². The van der Waals surface area contributed by atoms with E-state index in [4.69, 9.17) is 28.4 Å². The van der Waals surface area contributed by atoms with Crippen LogP contribution < -0.4 is 19.4 Å². The maximum Gasteiger partial charge on any atom is 0.312 e. The fraction of sp³-hybridized carbons (Fsp3) is 0.516. The minimum Gasteiger partial charge on any atom is -0.476 e. The molecule has 0 unspecified atom stereocenters. The molecule has 8 heterocycles. The van der Waals surface area contributed by atoms with E-state index in [2.05, 4.69) is 285 Å². The highest BCUT2D eigenvalue weighted by molar-refractivity contribution is 5.74. The van der Waals surface area contributed by atoms with Gasteiger partial charge in [-0.25, -0.2) is 0 Å². The highest BCUT2D eigenvalue weighted by Gasteiger charge is 2.51. The number of hydrogen-bond acceptors (Lipinski definition) is 15. The molecule has 0 radical (unpaired) electrons.